The lowest BCUT2D eigenvalue weighted by molar-refractivity contribution is -0.00522. The van der Waals surface area contributed by atoms with E-state index in [4.69, 9.17) is 5.84 Å². The number of nitrogens with one attached hydrogen (secondary N) is 1. The summed E-state index contributed by atoms with van der Waals surface area (Å²) in [6, 6.07) is 2.34. The number of thiophene rings is 1. The maximum Gasteiger partial charge on any atom is 0.103 e. The van der Waals surface area contributed by atoms with E-state index in [-0.39, 0.29) is 0 Å². The van der Waals surface area contributed by atoms with Gasteiger partial charge in [0.25, 0.3) is 0 Å². The zero-order valence-electron chi connectivity index (χ0n) is 11.0. The zero-order valence-corrected chi connectivity index (χ0v) is 11.9. The van der Waals surface area contributed by atoms with Crippen molar-refractivity contribution < 1.29 is 0 Å². The standard InChI is InChI=1S/C15H22N2S/c1-9-13(5-14(17-16)18-9)15-6-10-2-11(7-15)4-12(3-10)8-15/h5,10-12,17H,2-4,6-8,16H2,1H3. The fourth-order valence-electron chi connectivity index (χ4n) is 5.52. The Bertz CT molecular complexity index is 442. The van der Waals surface area contributed by atoms with Crippen LogP contribution in [0.4, 0.5) is 5.00 Å². The first-order valence-corrected chi connectivity index (χ1v) is 8.08. The van der Waals surface area contributed by atoms with Crippen molar-refractivity contribution >= 4 is 16.3 Å². The molecule has 4 aliphatic rings. The molecule has 1 heterocycles. The van der Waals surface area contributed by atoms with E-state index in [1.807, 2.05) is 11.3 Å². The minimum Gasteiger partial charge on any atom is -0.315 e. The van der Waals surface area contributed by atoms with Crippen LogP contribution in [0.15, 0.2) is 6.07 Å². The van der Waals surface area contributed by atoms with Crippen molar-refractivity contribution in [2.75, 3.05) is 5.43 Å². The highest BCUT2D eigenvalue weighted by Crippen LogP contribution is 2.61. The van der Waals surface area contributed by atoms with E-state index in [2.05, 4.69) is 18.4 Å². The molecule has 3 N–H and O–H groups in total. The van der Waals surface area contributed by atoms with Gasteiger partial charge in [0.05, 0.1) is 0 Å². The fraction of sp³-hybridized carbons (Fsp3) is 0.733. The minimum absolute atomic E-state index is 0.518. The smallest absolute Gasteiger partial charge is 0.103 e. The number of hydrogen-bond acceptors (Lipinski definition) is 3. The van der Waals surface area contributed by atoms with E-state index in [0.29, 0.717) is 5.41 Å². The molecule has 4 saturated carbocycles. The van der Waals surface area contributed by atoms with Gasteiger partial charge in [0.15, 0.2) is 0 Å². The molecule has 18 heavy (non-hydrogen) atoms. The molecule has 0 aliphatic heterocycles. The molecule has 0 amide bonds. The van der Waals surface area contributed by atoms with Crippen LogP contribution in [0.2, 0.25) is 0 Å². The third-order valence-electron chi connectivity index (χ3n) is 5.67. The van der Waals surface area contributed by atoms with E-state index in [0.717, 1.165) is 22.8 Å². The normalized spacial score (nSPS) is 41.3. The molecule has 98 valence electrons. The van der Waals surface area contributed by atoms with Crippen LogP contribution >= 0.6 is 11.3 Å². The summed E-state index contributed by atoms with van der Waals surface area (Å²) in [5.41, 5.74) is 4.98. The number of aryl methyl sites for hydroxylation is 1. The second-order valence-corrected chi connectivity index (χ2v) is 8.18. The van der Waals surface area contributed by atoms with Gasteiger partial charge in [-0.05, 0) is 80.2 Å². The molecule has 0 atom stereocenters. The summed E-state index contributed by atoms with van der Waals surface area (Å²) in [6.45, 7) is 2.28. The lowest BCUT2D eigenvalue weighted by Gasteiger charge is -2.57. The van der Waals surface area contributed by atoms with Crippen LogP contribution in [-0.4, -0.2) is 0 Å². The molecular formula is C15H22N2S. The van der Waals surface area contributed by atoms with Crippen LogP contribution in [0.3, 0.4) is 0 Å². The summed E-state index contributed by atoms with van der Waals surface area (Å²) in [4.78, 5) is 1.49. The van der Waals surface area contributed by atoms with Gasteiger partial charge in [-0.3, -0.25) is 0 Å². The highest BCUT2D eigenvalue weighted by Gasteiger charge is 2.52. The highest BCUT2D eigenvalue weighted by atomic mass is 32.1. The molecule has 0 aromatic carbocycles. The number of hydrogen-bond donors (Lipinski definition) is 2. The van der Waals surface area contributed by atoms with Crippen LogP contribution in [0, 0.1) is 24.7 Å². The van der Waals surface area contributed by atoms with Gasteiger partial charge in [-0.1, -0.05) is 0 Å². The van der Waals surface area contributed by atoms with E-state index in [1.165, 1.54) is 43.4 Å². The average Bonchev–Trinajstić information content (AvgIpc) is 2.69. The molecule has 0 saturated heterocycles. The molecule has 1 aromatic rings. The van der Waals surface area contributed by atoms with Gasteiger partial charge in [-0.15, -0.1) is 11.3 Å². The van der Waals surface area contributed by atoms with Crippen molar-refractivity contribution in [3.05, 3.63) is 16.5 Å². The van der Waals surface area contributed by atoms with Crippen molar-refractivity contribution in [3.63, 3.8) is 0 Å². The maximum atomic E-state index is 5.58. The number of nitrogen functional groups attached to an aromatic ring is 1. The third kappa shape index (κ3) is 1.50. The molecule has 4 aliphatic carbocycles. The molecule has 5 rings (SSSR count). The van der Waals surface area contributed by atoms with Gasteiger partial charge in [-0.2, -0.15) is 0 Å². The van der Waals surface area contributed by atoms with E-state index < -0.39 is 0 Å². The van der Waals surface area contributed by atoms with Gasteiger partial charge in [0, 0.05) is 4.88 Å². The van der Waals surface area contributed by atoms with Gasteiger partial charge >= 0.3 is 0 Å². The number of rotatable bonds is 2. The van der Waals surface area contributed by atoms with Crippen LogP contribution in [0.1, 0.15) is 49.0 Å². The van der Waals surface area contributed by atoms with Crippen molar-refractivity contribution in [3.8, 4) is 0 Å². The number of hydrazine groups is 1. The average molecular weight is 262 g/mol. The van der Waals surface area contributed by atoms with Crippen LogP contribution in [-0.2, 0) is 5.41 Å². The van der Waals surface area contributed by atoms with E-state index in [1.54, 1.807) is 5.56 Å². The van der Waals surface area contributed by atoms with Crippen LogP contribution in [0.5, 0.6) is 0 Å². The molecule has 0 spiro atoms. The topological polar surface area (TPSA) is 38.0 Å². The lowest BCUT2D eigenvalue weighted by Crippen LogP contribution is -2.48. The SMILES string of the molecule is Cc1sc(NN)cc1C12CC3CC(CC(C3)C1)C2. The third-order valence-corrected chi connectivity index (χ3v) is 6.65. The second-order valence-electron chi connectivity index (χ2n) is 6.92. The fourth-order valence-corrected chi connectivity index (χ4v) is 6.47. The quantitative estimate of drug-likeness (QED) is 0.628. The van der Waals surface area contributed by atoms with Crippen molar-refractivity contribution in [2.45, 2.75) is 50.9 Å². The first-order valence-electron chi connectivity index (χ1n) is 7.26. The first-order chi connectivity index (χ1) is 8.68. The van der Waals surface area contributed by atoms with Crippen molar-refractivity contribution in [1.29, 1.82) is 0 Å². The summed E-state index contributed by atoms with van der Waals surface area (Å²) in [5, 5.41) is 1.14. The second kappa shape index (κ2) is 3.73. The Morgan fingerprint density at radius 1 is 1.17 bits per heavy atom. The minimum atomic E-state index is 0.518. The Balaban J connectivity index is 1.76. The summed E-state index contributed by atoms with van der Waals surface area (Å²) in [5.74, 6) is 8.64. The van der Waals surface area contributed by atoms with E-state index >= 15 is 0 Å². The van der Waals surface area contributed by atoms with Crippen LogP contribution < -0.4 is 11.3 Å². The van der Waals surface area contributed by atoms with Crippen LogP contribution in [0.25, 0.3) is 0 Å². The molecule has 0 unspecified atom stereocenters. The molecule has 4 bridgehead atoms. The summed E-state index contributed by atoms with van der Waals surface area (Å²) in [6.07, 6.45) is 8.89. The van der Waals surface area contributed by atoms with Gasteiger partial charge < -0.3 is 5.43 Å². The monoisotopic (exact) mass is 262 g/mol. The highest BCUT2D eigenvalue weighted by molar-refractivity contribution is 7.16. The van der Waals surface area contributed by atoms with E-state index in [9.17, 15) is 0 Å². The Kier molecular flexibility index (Phi) is 2.34. The molecular weight excluding hydrogens is 240 g/mol. The molecule has 3 heteroatoms. The predicted octanol–water partition coefficient (Wildman–Crippen LogP) is 3.81. The Morgan fingerprint density at radius 3 is 2.17 bits per heavy atom. The number of anilines is 1. The van der Waals surface area contributed by atoms with Crippen molar-refractivity contribution in [1.82, 2.24) is 0 Å². The Labute approximate surface area is 113 Å². The predicted molar refractivity (Wildman–Crippen MR) is 76.7 cm³/mol. The number of nitrogens with two attached hydrogens (primary N) is 1. The Morgan fingerprint density at radius 2 is 1.72 bits per heavy atom. The maximum absolute atomic E-state index is 5.58. The molecule has 4 fully saturated rings. The van der Waals surface area contributed by atoms with Gasteiger partial charge in [-0.25, -0.2) is 5.84 Å². The molecule has 0 radical (unpaired) electrons. The lowest BCUT2D eigenvalue weighted by atomic mass is 9.48. The van der Waals surface area contributed by atoms with Gasteiger partial charge in [0.1, 0.15) is 5.00 Å². The largest absolute Gasteiger partial charge is 0.315 e. The molecule has 1 aromatic heterocycles. The summed E-state index contributed by atoms with van der Waals surface area (Å²) in [7, 11) is 0. The van der Waals surface area contributed by atoms with Gasteiger partial charge in [0.2, 0.25) is 0 Å². The van der Waals surface area contributed by atoms with Crippen molar-refractivity contribution in [2.24, 2.45) is 23.6 Å². The summed E-state index contributed by atoms with van der Waals surface area (Å²) >= 11 is 1.83. The summed E-state index contributed by atoms with van der Waals surface area (Å²) < 4.78 is 0. The molecule has 2 nitrogen and oxygen atoms in total. The first kappa shape index (κ1) is 11.3. The zero-order chi connectivity index (χ0) is 12.3. The Hall–Kier alpha value is -0.540.